The van der Waals surface area contributed by atoms with Crippen LogP contribution in [0.5, 0.6) is 0 Å². The average molecular weight is 281 g/mol. The van der Waals surface area contributed by atoms with Crippen LogP contribution in [0, 0.1) is 0 Å². The van der Waals surface area contributed by atoms with E-state index >= 15 is 0 Å². The minimum Gasteiger partial charge on any atom is -0.311 e. The topological polar surface area (TPSA) is 29.9 Å². The van der Waals surface area contributed by atoms with Crippen molar-refractivity contribution in [2.24, 2.45) is 0 Å². The van der Waals surface area contributed by atoms with Crippen molar-refractivity contribution < 1.29 is 0 Å². The van der Waals surface area contributed by atoms with Gasteiger partial charge >= 0.3 is 0 Å². The van der Waals surface area contributed by atoms with E-state index in [1.165, 1.54) is 54.1 Å². The van der Waals surface area contributed by atoms with Gasteiger partial charge in [-0.15, -0.1) is 0 Å². The first-order chi connectivity index (χ1) is 10.4. The zero-order valence-corrected chi connectivity index (χ0v) is 12.7. The molecule has 0 amide bonds. The number of nitrogens with one attached hydrogen (secondary N) is 1. The molecule has 0 bridgehead atoms. The van der Waals surface area contributed by atoms with Crippen LogP contribution in [0.25, 0.3) is 5.69 Å². The average Bonchev–Trinajstić information content (AvgIpc) is 3.29. The van der Waals surface area contributed by atoms with Crippen LogP contribution in [-0.2, 0) is 19.4 Å². The maximum Gasteiger partial charge on any atom is 0.116 e. The van der Waals surface area contributed by atoms with Crippen LogP contribution >= 0.6 is 0 Å². The Hall–Kier alpha value is -1.61. The molecule has 2 aromatic rings. The molecule has 0 atom stereocenters. The van der Waals surface area contributed by atoms with Crippen molar-refractivity contribution >= 4 is 0 Å². The van der Waals surface area contributed by atoms with Crippen molar-refractivity contribution in [2.75, 3.05) is 6.54 Å². The maximum absolute atomic E-state index is 4.95. The second kappa shape index (κ2) is 5.30. The first-order valence-corrected chi connectivity index (χ1v) is 8.27. The van der Waals surface area contributed by atoms with E-state index in [-0.39, 0.29) is 0 Å². The third-order valence-electron chi connectivity index (χ3n) is 4.59. The third-order valence-corrected chi connectivity index (χ3v) is 4.59. The summed E-state index contributed by atoms with van der Waals surface area (Å²) in [7, 11) is 0. The first kappa shape index (κ1) is 13.1. The standard InChI is InChI=1S/C18H23N3/c1-2-3-13-4-8-15(9-5-13)21-17-10-11-19-12-16(17)20-18(21)14-6-7-14/h4-5,8-9,14,19H,2-3,6-7,10-12H2,1H3. The van der Waals surface area contributed by atoms with Crippen LogP contribution < -0.4 is 5.32 Å². The van der Waals surface area contributed by atoms with Gasteiger partial charge in [0.25, 0.3) is 0 Å². The summed E-state index contributed by atoms with van der Waals surface area (Å²) in [6.45, 7) is 4.23. The molecule has 3 heteroatoms. The summed E-state index contributed by atoms with van der Waals surface area (Å²) in [6, 6.07) is 9.12. The largest absolute Gasteiger partial charge is 0.311 e. The molecular formula is C18H23N3. The van der Waals surface area contributed by atoms with E-state index in [4.69, 9.17) is 4.98 Å². The van der Waals surface area contributed by atoms with Crippen LogP contribution in [0.3, 0.4) is 0 Å². The van der Waals surface area contributed by atoms with E-state index in [1.54, 1.807) is 0 Å². The van der Waals surface area contributed by atoms with E-state index in [1.807, 2.05) is 0 Å². The molecule has 1 aliphatic heterocycles. The number of hydrogen-bond acceptors (Lipinski definition) is 2. The Morgan fingerprint density at radius 2 is 2.05 bits per heavy atom. The molecule has 1 aromatic carbocycles. The highest BCUT2D eigenvalue weighted by Crippen LogP contribution is 2.41. The highest BCUT2D eigenvalue weighted by molar-refractivity contribution is 5.41. The quantitative estimate of drug-likeness (QED) is 0.931. The number of hydrogen-bond donors (Lipinski definition) is 1. The second-order valence-corrected chi connectivity index (χ2v) is 6.32. The minimum absolute atomic E-state index is 0.686. The molecule has 21 heavy (non-hydrogen) atoms. The van der Waals surface area contributed by atoms with Crippen molar-refractivity contribution in [2.45, 2.75) is 51.5 Å². The van der Waals surface area contributed by atoms with Crippen LogP contribution in [0.15, 0.2) is 24.3 Å². The second-order valence-electron chi connectivity index (χ2n) is 6.32. The molecule has 1 aliphatic carbocycles. The van der Waals surface area contributed by atoms with Crippen molar-refractivity contribution in [3.63, 3.8) is 0 Å². The maximum atomic E-state index is 4.95. The lowest BCUT2D eigenvalue weighted by atomic mass is 10.1. The summed E-state index contributed by atoms with van der Waals surface area (Å²) in [5.74, 6) is 1.98. The predicted molar refractivity (Wildman–Crippen MR) is 84.9 cm³/mol. The Morgan fingerprint density at radius 3 is 2.76 bits per heavy atom. The van der Waals surface area contributed by atoms with Crippen molar-refractivity contribution in [3.8, 4) is 5.69 Å². The minimum atomic E-state index is 0.686. The van der Waals surface area contributed by atoms with Gasteiger partial charge in [-0.25, -0.2) is 4.98 Å². The molecule has 4 rings (SSSR count). The highest BCUT2D eigenvalue weighted by atomic mass is 15.1. The van der Waals surface area contributed by atoms with E-state index in [0.29, 0.717) is 5.92 Å². The summed E-state index contributed by atoms with van der Waals surface area (Å²) in [5.41, 5.74) is 5.43. The molecule has 0 spiro atoms. The molecule has 1 fully saturated rings. The predicted octanol–water partition coefficient (Wildman–Crippen LogP) is 3.35. The molecule has 2 aliphatic rings. The summed E-state index contributed by atoms with van der Waals surface area (Å²) in [4.78, 5) is 4.95. The first-order valence-electron chi connectivity index (χ1n) is 8.27. The highest BCUT2D eigenvalue weighted by Gasteiger charge is 2.32. The number of aromatic nitrogens is 2. The molecule has 1 N–H and O–H groups in total. The molecule has 0 radical (unpaired) electrons. The number of fused-ring (bicyclic) bond motifs is 1. The molecule has 0 saturated heterocycles. The molecular weight excluding hydrogens is 258 g/mol. The Balaban J connectivity index is 1.77. The van der Waals surface area contributed by atoms with Gasteiger partial charge < -0.3 is 9.88 Å². The van der Waals surface area contributed by atoms with Crippen molar-refractivity contribution in [3.05, 3.63) is 47.0 Å². The summed E-state index contributed by atoms with van der Waals surface area (Å²) in [6.07, 6.45) is 6.07. The lowest BCUT2D eigenvalue weighted by molar-refractivity contribution is 0.620. The zero-order valence-electron chi connectivity index (χ0n) is 12.7. The third kappa shape index (κ3) is 2.40. The SMILES string of the molecule is CCCc1ccc(-n2c(C3CC3)nc3c2CCNC3)cc1. The molecule has 1 aromatic heterocycles. The summed E-state index contributed by atoms with van der Waals surface area (Å²) in [5, 5.41) is 3.44. The monoisotopic (exact) mass is 281 g/mol. The lowest BCUT2D eigenvalue weighted by Crippen LogP contribution is -2.24. The van der Waals surface area contributed by atoms with Crippen LogP contribution in [0.1, 0.15) is 54.9 Å². The molecule has 2 heterocycles. The number of nitrogens with zero attached hydrogens (tertiary/aromatic N) is 2. The Labute approximate surface area is 126 Å². The van der Waals surface area contributed by atoms with Gasteiger partial charge in [0.1, 0.15) is 5.82 Å². The lowest BCUT2D eigenvalue weighted by Gasteiger charge is -2.16. The van der Waals surface area contributed by atoms with Crippen LogP contribution in [0.4, 0.5) is 0 Å². The molecule has 0 unspecified atom stereocenters. The number of rotatable bonds is 4. The Kier molecular flexibility index (Phi) is 3.30. The Morgan fingerprint density at radius 1 is 1.24 bits per heavy atom. The van der Waals surface area contributed by atoms with Gasteiger partial charge in [0.2, 0.25) is 0 Å². The van der Waals surface area contributed by atoms with Crippen molar-refractivity contribution in [1.29, 1.82) is 0 Å². The van der Waals surface area contributed by atoms with Crippen molar-refractivity contribution in [1.82, 2.24) is 14.9 Å². The van der Waals surface area contributed by atoms with Gasteiger partial charge in [-0.3, -0.25) is 0 Å². The van der Waals surface area contributed by atoms with E-state index in [0.717, 1.165) is 19.5 Å². The smallest absolute Gasteiger partial charge is 0.116 e. The van der Waals surface area contributed by atoms with E-state index in [9.17, 15) is 0 Å². The fourth-order valence-corrected chi connectivity index (χ4v) is 3.34. The van der Waals surface area contributed by atoms with Gasteiger partial charge in [-0.1, -0.05) is 25.5 Å². The number of imidazole rings is 1. The molecule has 110 valence electrons. The van der Waals surface area contributed by atoms with Gasteiger partial charge in [-0.2, -0.15) is 0 Å². The van der Waals surface area contributed by atoms with Crippen LogP contribution in [-0.4, -0.2) is 16.1 Å². The summed E-state index contributed by atoms with van der Waals surface area (Å²) < 4.78 is 2.45. The number of benzene rings is 1. The van der Waals surface area contributed by atoms with E-state index in [2.05, 4.69) is 41.1 Å². The molecule has 1 saturated carbocycles. The van der Waals surface area contributed by atoms with Gasteiger partial charge in [0.15, 0.2) is 0 Å². The fraction of sp³-hybridized carbons (Fsp3) is 0.500. The normalized spacial score (nSPS) is 17.8. The van der Waals surface area contributed by atoms with Gasteiger partial charge in [0, 0.05) is 36.8 Å². The van der Waals surface area contributed by atoms with Gasteiger partial charge in [0.05, 0.1) is 5.69 Å². The number of aryl methyl sites for hydroxylation is 1. The zero-order chi connectivity index (χ0) is 14.2. The fourth-order valence-electron chi connectivity index (χ4n) is 3.34. The van der Waals surface area contributed by atoms with Gasteiger partial charge in [-0.05, 0) is 37.0 Å². The Bertz CT molecular complexity index is 635. The van der Waals surface area contributed by atoms with E-state index < -0.39 is 0 Å². The van der Waals surface area contributed by atoms with Crippen LogP contribution in [0.2, 0.25) is 0 Å². The summed E-state index contributed by atoms with van der Waals surface area (Å²) >= 11 is 0. The molecule has 3 nitrogen and oxygen atoms in total.